The van der Waals surface area contributed by atoms with Crippen LogP contribution in [0.3, 0.4) is 0 Å². The highest BCUT2D eigenvalue weighted by molar-refractivity contribution is 5.53. The Morgan fingerprint density at radius 1 is 1.18 bits per heavy atom. The highest BCUT2D eigenvalue weighted by atomic mass is 16.5. The number of nitrogens with two attached hydrogens (primary N) is 1. The van der Waals surface area contributed by atoms with E-state index in [0.29, 0.717) is 12.4 Å². The summed E-state index contributed by atoms with van der Waals surface area (Å²) in [6.45, 7) is 0.481. The molecule has 94 valence electrons. The largest absolute Gasteiger partial charge is 0.493 e. The van der Waals surface area contributed by atoms with Crippen molar-refractivity contribution in [2.24, 2.45) is 5.73 Å². The maximum absolute atomic E-state index is 6.26. The highest BCUT2D eigenvalue weighted by Crippen LogP contribution is 2.48. The molecule has 0 saturated heterocycles. The van der Waals surface area contributed by atoms with Crippen molar-refractivity contribution in [1.82, 2.24) is 0 Å². The fourth-order valence-corrected chi connectivity index (χ4v) is 2.15. The Morgan fingerprint density at radius 2 is 1.88 bits per heavy atom. The molecule has 0 unspecified atom stereocenters. The quantitative estimate of drug-likeness (QED) is 0.848. The van der Waals surface area contributed by atoms with Crippen molar-refractivity contribution in [3.8, 4) is 11.5 Å². The molecule has 4 heteroatoms. The summed E-state index contributed by atoms with van der Waals surface area (Å²) < 4.78 is 16.0. The van der Waals surface area contributed by atoms with Gasteiger partial charge in [0.15, 0.2) is 11.5 Å². The van der Waals surface area contributed by atoms with E-state index in [2.05, 4.69) is 0 Å². The third-order valence-corrected chi connectivity index (χ3v) is 3.26. The first-order valence-electron chi connectivity index (χ1n) is 5.68. The highest BCUT2D eigenvalue weighted by Gasteiger charge is 2.42. The lowest BCUT2D eigenvalue weighted by Crippen LogP contribution is -2.21. The van der Waals surface area contributed by atoms with Crippen LogP contribution in [-0.2, 0) is 16.9 Å². The molecule has 0 radical (unpaired) electrons. The molecule has 1 saturated carbocycles. The van der Waals surface area contributed by atoms with Gasteiger partial charge in [0, 0.05) is 18.2 Å². The molecule has 17 heavy (non-hydrogen) atoms. The number of hydrogen-bond donors (Lipinski definition) is 1. The van der Waals surface area contributed by atoms with E-state index >= 15 is 0 Å². The minimum atomic E-state index is -0.201. The summed E-state index contributed by atoms with van der Waals surface area (Å²) in [4.78, 5) is 0. The smallest absolute Gasteiger partial charge is 0.166 e. The molecule has 1 aliphatic carbocycles. The Hall–Kier alpha value is -1.26. The van der Waals surface area contributed by atoms with Crippen molar-refractivity contribution < 1.29 is 14.2 Å². The lowest BCUT2D eigenvalue weighted by Gasteiger charge is -2.19. The van der Waals surface area contributed by atoms with Crippen molar-refractivity contribution in [1.29, 1.82) is 0 Å². The van der Waals surface area contributed by atoms with Crippen LogP contribution in [0, 0.1) is 0 Å². The summed E-state index contributed by atoms with van der Waals surface area (Å²) in [7, 11) is 4.93. The van der Waals surface area contributed by atoms with Gasteiger partial charge < -0.3 is 19.9 Å². The third kappa shape index (κ3) is 2.10. The second kappa shape index (κ2) is 4.55. The minimum Gasteiger partial charge on any atom is -0.493 e. The van der Waals surface area contributed by atoms with Crippen LogP contribution in [-0.4, -0.2) is 21.3 Å². The van der Waals surface area contributed by atoms with Crippen molar-refractivity contribution in [2.45, 2.75) is 25.0 Å². The summed E-state index contributed by atoms with van der Waals surface area (Å²) >= 11 is 0. The average Bonchev–Trinajstić information content (AvgIpc) is 3.08. The fourth-order valence-electron chi connectivity index (χ4n) is 2.15. The first-order chi connectivity index (χ1) is 8.16. The number of ether oxygens (including phenoxy) is 3. The summed E-state index contributed by atoms with van der Waals surface area (Å²) in [6.07, 6.45) is 2.03. The zero-order valence-corrected chi connectivity index (χ0v) is 10.6. The van der Waals surface area contributed by atoms with Crippen LogP contribution in [0.15, 0.2) is 12.1 Å². The van der Waals surface area contributed by atoms with Crippen LogP contribution in [0.2, 0.25) is 0 Å². The van der Waals surface area contributed by atoms with E-state index in [1.807, 2.05) is 12.1 Å². The lowest BCUT2D eigenvalue weighted by molar-refractivity contribution is 0.179. The van der Waals surface area contributed by atoms with E-state index in [-0.39, 0.29) is 5.54 Å². The molecule has 1 fully saturated rings. The summed E-state index contributed by atoms with van der Waals surface area (Å²) in [5.41, 5.74) is 8.16. The molecule has 2 rings (SSSR count). The first-order valence-corrected chi connectivity index (χ1v) is 5.68. The summed E-state index contributed by atoms with van der Waals surface area (Å²) in [5.74, 6) is 1.44. The Bertz CT molecular complexity index is 413. The molecule has 2 N–H and O–H groups in total. The summed E-state index contributed by atoms with van der Waals surface area (Å²) in [6, 6.07) is 3.92. The van der Waals surface area contributed by atoms with Gasteiger partial charge in [-0.1, -0.05) is 6.07 Å². The predicted octanol–water partition coefficient (Wildman–Crippen LogP) is 1.80. The van der Waals surface area contributed by atoms with Crippen LogP contribution < -0.4 is 15.2 Å². The van der Waals surface area contributed by atoms with Gasteiger partial charge in [0.25, 0.3) is 0 Å². The topological polar surface area (TPSA) is 53.7 Å². The molecule has 1 aromatic carbocycles. The van der Waals surface area contributed by atoms with E-state index < -0.39 is 0 Å². The molecule has 0 aliphatic heterocycles. The van der Waals surface area contributed by atoms with Crippen LogP contribution in [0.1, 0.15) is 24.0 Å². The van der Waals surface area contributed by atoms with Gasteiger partial charge in [0.2, 0.25) is 0 Å². The molecule has 4 nitrogen and oxygen atoms in total. The van der Waals surface area contributed by atoms with Crippen molar-refractivity contribution in [2.75, 3.05) is 21.3 Å². The lowest BCUT2D eigenvalue weighted by atomic mass is 9.98. The van der Waals surface area contributed by atoms with E-state index in [1.165, 1.54) is 0 Å². The van der Waals surface area contributed by atoms with Gasteiger partial charge in [-0.2, -0.15) is 0 Å². The monoisotopic (exact) mass is 237 g/mol. The first kappa shape index (κ1) is 12.2. The summed E-state index contributed by atoms with van der Waals surface area (Å²) in [5, 5.41) is 0. The van der Waals surface area contributed by atoms with Crippen molar-refractivity contribution >= 4 is 0 Å². The number of rotatable bonds is 5. The van der Waals surface area contributed by atoms with Crippen molar-refractivity contribution in [3.05, 3.63) is 23.3 Å². The van der Waals surface area contributed by atoms with Gasteiger partial charge in [0.05, 0.1) is 20.8 Å². The molecule has 0 atom stereocenters. The standard InChI is InChI=1S/C13H19NO3/c1-15-8-9-10(13(14)6-7-13)4-5-11(16-2)12(9)17-3/h4-5H,6-8,14H2,1-3H3. The maximum atomic E-state index is 6.26. The maximum Gasteiger partial charge on any atom is 0.166 e. The molecule has 0 aromatic heterocycles. The second-order valence-corrected chi connectivity index (χ2v) is 4.42. The Balaban J connectivity index is 2.52. The zero-order chi connectivity index (χ0) is 12.5. The molecular weight excluding hydrogens is 218 g/mol. The minimum absolute atomic E-state index is 0.201. The van der Waals surface area contributed by atoms with E-state index in [4.69, 9.17) is 19.9 Å². The Morgan fingerprint density at radius 3 is 2.35 bits per heavy atom. The van der Waals surface area contributed by atoms with Crippen LogP contribution in [0.25, 0.3) is 0 Å². The van der Waals surface area contributed by atoms with Crippen LogP contribution in [0.5, 0.6) is 11.5 Å². The van der Waals surface area contributed by atoms with E-state index in [0.717, 1.165) is 29.7 Å². The van der Waals surface area contributed by atoms with Gasteiger partial charge in [-0.3, -0.25) is 0 Å². The van der Waals surface area contributed by atoms with E-state index in [9.17, 15) is 0 Å². The van der Waals surface area contributed by atoms with Gasteiger partial charge in [-0.25, -0.2) is 0 Å². The molecule has 0 heterocycles. The SMILES string of the molecule is COCc1c(C2(N)CC2)ccc(OC)c1OC. The number of hydrogen-bond acceptors (Lipinski definition) is 4. The molecular formula is C13H19NO3. The van der Waals surface area contributed by atoms with Gasteiger partial charge in [-0.05, 0) is 24.5 Å². The molecule has 0 bridgehead atoms. The second-order valence-electron chi connectivity index (χ2n) is 4.42. The predicted molar refractivity (Wildman–Crippen MR) is 65.4 cm³/mol. The molecule has 0 spiro atoms. The number of methoxy groups -OCH3 is 3. The van der Waals surface area contributed by atoms with E-state index in [1.54, 1.807) is 21.3 Å². The van der Waals surface area contributed by atoms with Gasteiger partial charge in [-0.15, -0.1) is 0 Å². The zero-order valence-electron chi connectivity index (χ0n) is 10.6. The van der Waals surface area contributed by atoms with Gasteiger partial charge in [0.1, 0.15) is 0 Å². The molecule has 0 amide bonds. The normalized spacial score (nSPS) is 16.7. The molecule has 1 aliphatic rings. The van der Waals surface area contributed by atoms with Crippen LogP contribution >= 0.6 is 0 Å². The Kier molecular flexibility index (Phi) is 3.26. The Labute approximate surface area is 102 Å². The fraction of sp³-hybridized carbons (Fsp3) is 0.538. The van der Waals surface area contributed by atoms with Gasteiger partial charge >= 0.3 is 0 Å². The molecule has 1 aromatic rings. The average molecular weight is 237 g/mol. The third-order valence-electron chi connectivity index (χ3n) is 3.26. The van der Waals surface area contributed by atoms with Crippen LogP contribution in [0.4, 0.5) is 0 Å². The van der Waals surface area contributed by atoms with Crippen molar-refractivity contribution in [3.63, 3.8) is 0 Å². The number of benzene rings is 1.